The van der Waals surface area contributed by atoms with Crippen molar-refractivity contribution in [2.45, 2.75) is 13.1 Å². The summed E-state index contributed by atoms with van der Waals surface area (Å²) in [6.07, 6.45) is -0.0933. The number of nitrogens with zero attached hydrogens (tertiary/aromatic N) is 3. The number of rotatable bonds is 4. The molecule has 3 rings (SSSR count). The zero-order valence-corrected chi connectivity index (χ0v) is 15.9. The molecule has 1 aliphatic rings. The predicted octanol–water partition coefficient (Wildman–Crippen LogP) is 2.66. The number of carbonyl (C=O) groups excluding carboxylic acids is 2. The Hall–Kier alpha value is -3.69. The molecular formula is C20H18F3N5O2. The van der Waals surface area contributed by atoms with E-state index in [1.807, 2.05) is 0 Å². The van der Waals surface area contributed by atoms with Gasteiger partial charge in [-0.1, -0.05) is 0 Å². The summed E-state index contributed by atoms with van der Waals surface area (Å²) in [5.74, 6) is -0.980. The molecule has 0 saturated heterocycles. The van der Waals surface area contributed by atoms with E-state index in [4.69, 9.17) is 5.73 Å². The molecule has 0 atom stereocenters. The van der Waals surface area contributed by atoms with Crippen LogP contribution in [0.15, 0.2) is 53.8 Å². The van der Waals surface area contributed by atoms with Crippen molar-refractivity contribution in [3.63, 3.8) is 0 Å². The van der Waals surface area contributed by atoms with Crippen LogP contribution in [0.4, 0.5) is 24.5 Å². The Morgan fingerprint density at radius 2 is 2.00 bits per heavy atom. The van der Waals surface area contributed by atoms with Gasteiger partial charge in [-0.25, -0.2) is 0 Å². The molecule has 0 unspecified atom stereocenters. The maximum atomic E-state index is 12.7. The third kappa shape index (κ3) is 4.65. The number of pyridine rings is 1. The number of alkyl halides is 3. The Balaban J connectivity index is 1.83. The van der Waals surface area contributed by atoms with E-state index < -0.39 is 23.6 Å². The van der Waals surface area contributed by atoms with Gasteiger partial charge in [0, 0.05) is 23.1 Å². The van der Waals surface area contributed by atoms with Gasteiger partial charge in [0.05, 0.1) is 17.0 Å². The smallest absolute Gasteiger partial charge is 0.405 e. The first-order valence-electron chi connectivity index (χ1n) is 8.86. The summed E-state index contributed by atoms with van der Waals surface area (Å²) in [4.78, 5) is 34.8. The number of anilines is 2. The molecule has 2 aromatic rings. The summed E-state index contributed by atoms with van der Waals surface area (Å²) in [5, 5.41) is 2.50. The lowest BCUT2D eigenvalue weighted by Gasteiger charge is -2.22. The Bertz CT molecular complexity index is 1030. The lowest BCUT2D eigenvalue weighted by atomic mass is 10.1. The number of aryl methyl sites for hydroxylation is 1. The maximum absolute atomic E-state index is 12.7. The van der Waals surface area contributed by atoms with E-state index in [0.717, 1.165) is 24.3 Å². The quantitative estimate of drug-likeness (QED) is 0.799. The van der Waals surface area contributed by atoms with E-state index >= 15 is 0 Å². The number of hydrogen-bond acceptors (Lipinski definition) is 5. The van der Waals surface area contributed by atoms with Crippen LogP contribution in [0.1, 0.15) is 16.8 Å². The van der Waals surface area contributed by atoms with Gasteiger partial charge in [0.25, 0.3) is 0 Å². The number of benzene rings is 1. The average molecular weight is 417 g/mol. The maximum Gasteiger partial charge on any atom is 0.416 e. The van der Waals surface area contributed by atoms with Gasteiger partial charge in [0.1, 0.15) is 13.1 Å². The van der Waals surface area contributed by atoms with Crippen LogP contribution in [-0.4, -0.2) is 35.6 Å². The van der Waals surface area contributed by atoms with Crippen molar-refractivity contribution < 1.29 is 22.8 Å². The van der Waals surface area contributed by atoms with Gasteiger partial charge in [-0.2, -0.15) is 13.2 Å². The first-order chi connectivity index (χ1) is 14.2. The molecule has 30 heavy (non-hydrogen) atoms. The van der Waals surface area contributed by atoms with Gasteiger partial charge in [-0.3, -0.25) is 19.6 Å². The van der Waals surface area contributed by atoms with Crippen LogP contribution in [-0.2, 0) is 15.8 Å². The molecule has 1 aromatic carbocycles. The lowest BCUT2D eigenvalue weighted by Crippen LogP contribution is -2.39. The first-order valence-corrected chi connectivity index (χ1v) is 8.86. The topological polar surface area (TPSA) is 101 Å². The minimum absolute atomic E-state index is 0.185. The van der Waals surface area contributed by atoms with Crippen LogP contribution in [0.3, 0.4) is 0 Å². The summed E-state index contributed by atoms with van der Waals surface area (Å²) in [5.41, 5.74) is 6.89. The van der Waals surface area contributed by atoms with E-state index in [9.17, 15) is 22.8 Å². The van der Waals surface area contributed by atoms with Crippen LogP contribution in [0.25, 0.3) is 0 Å². The van der Waals surface area contributed by atoms with Crippen molar-refractivity contribution in [2.24, 2.45) is 10.7 Å². The zero-order chi connectivity index (χ0) is 21.9. The predicted molar refractivity (Wildman–Crippen MR) is 106 cm³/mol. The van der Waals surface area contributed by atoms with Crippen LogP contribution >= 0.6 is 0 Å². The zero-order valence-electron chi connectivity index (χ0n) is 15.9. The number of nitrogens with two attached hydrogens (primary N) is 1. The Morgan fingerprint density at radius 3 is 2.63 bits per heavy atom. The molecule has 7 nitrogen and oxygen atoms in total. The highest BCUT2D eigenvalue weighted by molar-refractivity contribution is 6.17. The molecule has 0 fully saturated rings. The van der Waals surface area contributed by atoms with Crippen molar-refractivity contribution in [1.29, 1.82) is 0 Å². The minimum atomic E-state index is -4.47. The second-order valence-electron chi connectivity index (χ2n) is 6.51. The molecule has 2 heterocycles. The number of amides is 2. The number of hydrogen-bond donors (Lipinski definition) is 2. The van der Waals surface area contributed by atoms with Gasteiger partial charge >= 0.3 is 6.18 Å². The summed E-state index contributed by atoms with van der Waals surface area (Å²) in [7, 11) is 0. The van der Waals surface area contributed by atoms with Gasteiger partial charge in [0.15, 0.2) is 0 Å². The van der Waals surface area contributed by atoms with Crippen molar-refractivity contribution in [3.05, 3.63) is 65.6 Å². The second kappa shape index (κ2) is 8.36. The monoisotopic (exact) mass is 417 g/mol. The third-order valence-electron chi connectivity index (χ3n) is 4.32. The summed E-state index contributed by atoms with van der Waals surface area (Å²) in [6, 6.07) is 5.71. The summed E-state index contributed by atoms with van der Waals surface area (Å²) in [6.45, 7) is 1.21. The van der Waals surface area contributed by atoms with Crippen molar-refractivity contribution >= 4 is 28.9 Å². The highest BCUT2D eigenvalue weighted by atomic mass is 19.4. The Labute approximate surface area is 170 Å². The lowest BCUT2D eigenvalue weighted by molar-refractivity contribution is -0.137. The Morgan fingerprint density at radius 1 is 1.30 bits per heavy atom. The number of aromatic nitrogens is 1. The van der Waals surface area contributed by atoms with E-state index in [1.54, 1.807) is 19.2 Å². The van der Waals surface area contributed by atoms with Crippen LogP contribution in [0.5, 0.6) is 0 Å². The van der Waals surface area contributed by atoms with Crippen LogP contribution in [0.2, 0.25) is 0 Å². The second-order valence-corrected chi connectivity index (χ2v) is 6.51. The number of carbonyl (C=O) groups is 2. The number of allylic oxidation sites excluding steroid dienone is 1. The van der Waals surface area contributed by atoms with E-state index in [2.05, 4.69) is 15.3 Å². The summed E-state index contributed by atoms with van der Waals surface area (Å²) >= 11 is 0. The van der Waals surface area contributed by atoms with Gasteiger partial charge in [-0.15, -0.1) is 0 Å². The summed E-state index contributed by atoms with van der Waals surface area (Å²) < 4.78 is 38.0. The van der Waals surface area contributed by atoms with Crippen LogP contribution < -0.4 is 16.0 Å². The van der Waals surface area contributed by atoms with E-state index in [0.29, 0.717) is 22.7 Å². The highest BCUT2D eigenvalue weighted by Gasteiger charge is 2.30. The molecule has 0 spiro atoms. The van der Waals surface area contributed by atoms with Crippen molar-refractivity contribution in [1.82, 2.24) is 4.98 Å². The molecule has 1 aromatic heterocycles. The molecule has 0 saturated carbocycles. The fraction of sp³-hybridized carbons (Fsp3) is 0.200. The van der Waals surface area contributed by atoms with Crippen molar-refractivity contribution in [2.75, 3.05) is 23.3 Å². The molecular weight excluding hydrogens is 399 g/mol. The molecule has 0 radical (unpaired) electrons. The first kappa shape index (κ1) is 21.0. The molecule has 0 bridgehead atoms. The van der Waals surface area contributed by atoms with E-state index in [1.165, 1.54) is 17.2 Å². The molecule has 1 aliphatic heterocycles. The number of aliphatic imine (C=N–C) groups is 1. The minimum Gasteiger partial charge on any atom is -0.405 e. The SMILES string of the molecule is Cc1cc2c(cn1)C(/C=C\N)=NCC(=O)N2CC(=O)Nc1ccc(C(F)(F)F)cc1. The molecule has 3 N–H and O–H groups in total. The largest absolute Gasteiger partial charge is 0.416 e. The average Bonchev–Trinajstić information content (AvgIpc) is 2.80. The van der Waals surface area contributed by atoms with Crippen LogP contribution in [0, 0.1) is 6.92 Å². The van der Waals surface area contributed by atoms with E-state index in [-0.39, 0.29) is 18.8 Å². The molecule has 156 valence electrons. The van der Waals surface area contributed by atoms with Gasteiger partial charge in [-0.05, 0) is 49.5 Å². The Kier molecular flexibility index (Phi) is 5.86. The number of fused-ring (bicyclic) bond motifs is 1. The number of halogens is 3. The molecule has 2 amide bonds. The number of nitrogens with one attached hydrogen (secondary N) is 1. The van der Waals surface area contributed by atoms with Crippen molar-refractivity contribution in [3.8, 4) is 0 Å². The normalized spacial score (nSPS) is 14.3. The fourth-order valence-corrected chi connectivity index (χ4v) is 2.92. The van der Waals surface area contributed by atoms with Gasteiger partial charge in [0.2, 0.25) is 11.8 Å². The third-order valence-corrected chi connectivity index (χ3v) is 4.32. The standard InChI is InChI=1S/C20H18F3N5O2/c1-12-8-17-15(9-25-12)16(6-7-24)26-10-19(30)28(17)11-18(29)27-14-4-2-13(3-5-14)20(21,22)23/h2-9H,10-11,24H2,1H3,(H,27,29)/b7-6-. The molecule has 10 heteroatoms. The fourth-order valence-electron chi connectivity index (χ4n) is 2.92. The van der Waals surface area contributed by atoms with Gasteiger partial charge < -0.3 is 16.0 Å². The molecule has 0 aliphatic carbocycles. The highest BCUT2D eigenvalue weighted by Crippen LogP contribution is 2.30.